The van der Waals surface area contributed by atoms with Crippen molar-refractivity contribution in [2.24, 2.45) is 0 Å². The van der Waals surface area contributed by atoms with Crippen LogP contribution in [0.2, 0.25) is 0 Å². The number of nitrogens with zero attached hydrogens (tertiary/aromatic N) is 2. The van der Waals surface area contributed by atoms with Crippen molar-refractivity contribution < 1.29 is 4.74 Å². The molecule has 0 aliphatic heterocycles. The van der Waals surface area contributed by atoms with Crippen LogP contribution in [0.5, 0.6) is 5.75 Å². The zero-order chi connectivity index (χ0) is 12.4. The molecule has 0 saturated heterocycles. The second kappa shape index (κ2) is 4.50. The van der Waals surface area contributed by atoms with Crippen LogP contribution in [0.15, 0.2) is 18.2 Å². The first kappa shape index (κ1) is 11.5. The first-order valence-electron chi connectivity index (χ1n) is 5.69. The Labute approximate surface area is 101 Å². The largest absolute Gasteiger partial charge is 0.497 e. The van der Waals surface area contributed by atoms with Crippen LogP contribution in [0.4, 0.5) is 0 Å². The maximum atomic E-state index is 8.70. The van der Waals surface area contributed by atoms with Crippen LogP contribution >= 0.6 is 0 Å². The van der Waals surface area contributed by atoms with E-state index in [1.165, 1.54) is 22.2 Å². The van der Waals surface area contributed by atoms with E-state index in [2.05, 4.69) is 36.6 Å². The molecule has 0 atom stereocenters. The van der Waals surface area contributed by atoms with E-state index < -0.39 is 0 Å². The molecule has 0 bridgehead atoms. The molecule has 1 heterocycles. The molecule has 0 spiro atoms. The van der Waals surface area contributed by atoms with Crippen LogP contribution in [-0.4, -0.2) is 11.7 Å². The summed E-state index contributed by atoms with van der Waals surface area (Å²) in [7, 11) is 1.68. The molecule has 3 heteroatoms. The zero-order valence-electron chi connectivity index (χ0n) is 10.4. The maximum absolute atomic E-state index is 8.70. The molecule has 1 aromatic carbocycles. The highest BCUT2D eigenvalue weighted by atomic mass is 16.5. The number of benzene rings is 1. The van der Waals surface area contributed by atoms with Gasteiger partial charge in [0.05, 0.1) is 19.6 Å². The Kier molecular flexibility index (Phi) is 3.06. The highest BCUT2D eigenvalue weighted by molar-refractivity contribution is 5.86. The Morgan fingerprint density at radius 3 is 2.76 bits per heavy atom. The van der Waals surface area contributed by atoms with E-state index >= 15 is 0 Å². The topological polar surface area (TPSA) is 38.0 Å². The summed E-state index contributed by atoms with van der Waals surface area (Å²) in [6, 6.07) is 8.27. The van der Waals surface area contributed by atoms with Gasteiger partial charge in [-0.15, -0.1) is 0 Å². The van der Waals surface area contributed by atoms with Crippen LogP contribution in [0.25, 0.3) is 10.9 Å². The van der Waals surface area contributed by atoms with Gasteiger partial charge in [-0.2, -0.15) is 5.26 Å². The van der Waals surface area contributed by atoms with E-state index in [4.69, 9.17) is 10.00 Å². The third-order valence-electron chi connectivity index (χ3n) is 3.29. The standard InChI is InChI=1S/C14H16N2O/c1-10-11(2)16(8-4-7-15)14-6-5-12(17-3)9-13(10)14/h5-6,9H,4,8H2,1-3H3. The van der Waals surface area contributed by atoms with Gasteiger partial charge in [-0.25, -0.2) is 0 Å². The Hall–Kier alpha value is -1.95. The molecule has 0 saturated carbocycles. The molecule has 3 nitrogen and oxygen atoms in total. The molecule has 2 rings (SSSR count). The summed E-state index contributed by atoms with van der Waals surface area (Å²) in [4.78, 5) is 0. The number of methoxy groups -OCH3 is 1. The fourth-order valence-electron chi connectivity index (χ4n) is 2.21. The van der Waals surface area contributed by atoms with Crippen molar-refractivity contribution in [3.63, 3.8) is 0 Å². The van der Waals surface area contributed by atoms with Crippen LogP contribution in [0, 0.1) is 25.2 Å². The van der Waals surface area contributed by atoms with Gasteiger partial charge in [-0.1, -0.05) is 0 Å². The third kappa shape index (κ3) is 1.87. The summed E-state index contributed by atoms with van der Waals surface area (Å²) in [5, 5.41) is 9.90. The van der Waals surface area contributed by atoms with Gasteiger partial charge in [-0.3, -0.25) is 0 Å². The second-order valence-corrected chi connectivity index (χ2v) is 4.15. The molecular formula is C14H16N2O. The van der Waals surface area contributed by atoms with Gasteiger partial charge < -0.3 is 9.30 Å². The number of hydrogen-bond donors (Lipinski definition) is 0. The number of hydrogen-bond acceptors (Lipinski definition) is 2. The molecule has 0 N–H and O–H groups in total. The lowest BCUT2D eigenvalue weighted by atomic mass is 10.1. The number of fused-ring (bicyclic) bond motifs is 1. The first-order chi connectivity index (χ1) is 8.19. The lowest BCUT2D eigenvalue weighted by molar-refractivity contribution is 0.415. The summed E-state index contributed by atoms with van der Waals surface area (Å²) in [5.74, 6) is 0.873. The average Bonchev–Trinajstić information content (AvgIpc) is 2.60. The molecule has 88 valence electrons. The second-order valence-electron chi connectivity index (χ2n) is 4.15. The number of nitriles is 1. The minimum absolute atomic E-state index is 0.538. The number of aromatic nitrogens is 1. The van der Waals surface area contributed by atoms with E-state index in [-0.39, 0.29) is 0 Å². The van der Waals surface area contributed by atoms with Crippen molar-refractivity contribution in [1.29, 1.82) is 5.26 Å². The molecule has 0 unspecified atom stereocenters. The first-order valence-corrected chi connectivity index (χ1v) is 5.69. The van der Waals surface area contributed by atoms with Crippen LogP contribution in [0.1, 0.15) is 17.7 Å². The number of aryl methyl sites for hydroxylation is 2. The van der Waals surface area contributed by atoms with E-state index in [9.17, 15) is 0 Å². The smallest absolute Gasteiger partial charge is 0.119 e. The molecule has 0 aliphatic rings. The Morgan fingerprint density at radius 1 is 1.35 bits per heavy atom. The van der Waals surface area contributed by atoms with Gasteiger partial charge in [0.1, 0.15) is 5.75 Å². The van der Waals surface area contributed by atoms with Gasteiger partial charge >= 0.3 is 0 Å². The van der Waals surface area contributed by atoms with Crippen LogP contribution in [-0.2, 0) is 6.54 Å². The van der Waals surface area contributed by atoms with E-state index in [0.29, 0.717) is 6.42 Å². The van der Waals surface area contributed by atoms with Crippen LogP contribution < -0.4 is 4.74 Å². The fourth-order valence-corrected chi connectivity index (χ4v) is 2.21. The molecule has 17 heavy (non-hydrogen) atoms. The summed E-state index contributed by atoms with van der Waals surface area (Å²) < 4.78 is 7.45. The van der Waals surface area contributed by atoms with Gasteiger partial charge in [0.2, 0.25) is 0 Å². The summed E-state index contributed by atoms with van der Waals surface area (Å²) in [6.45, 7) is 4.96. The quantitative estimate of drug-likeness (QED) is 0.809. The van der Waals surface area contributed by atoms with E-state index in [1.54, 1.807) is 7.11 Å². The molecule has 0 fully saturated rings. The molecular weight excluding hydrogens is 212 g/mol. The zero-order valence-corrected chi connectivity index (χ0v) is 10.4. The SMILES string of the molecule is COc1ccc2c(c1)c(C)c(C)n2CCC#N. The molecule has 0 amide bonds. The normalized spacial score (nSPS) is 10.5. The van der Waals surface area contributed by atoms with Gasteiger partial charge in [0, 0.05) is 23.1 Å². The molecule has 1 aromatic heterocycles. The van der Waals surface area contributed by atoms with E-state index in [1.807, 2.05) is 6.07 Å². The third-order valence-corrected chi connectivity index (χ3v) is 3.29. The minimum atomic E-state index is 0.538. The lowest BCUT2D eigenvalue weighted by Gasteiger charge is -2.05. The van der Waals surface area contributed by atoms with Crippen molar-refractivity contribution in [2.75, 3.05) is 7.11 Å². The van der Waals surface area contributed by atoms with Gasteiger partial charge in [0.15, 0.2) is 0 Å². The van der Waals surface area contributed by atoms with Crippen molar-refractivity contribution >= 4 is 10.9 Å². The highest BCUT2D eigenvalue weighted by Gasteiger charge is 2.11. The Morgan fingerprint density at radius 2 is 2.12 bits per heavy atom. The molecule has 2 aromatic rings. The Bertz CT molecular complexity index is 590. The van der Waals surface area contributed by atoms with Crippen molar-refractivity contribution in [2.45, 2.75) is 26.8 Å². The van der Waals surface area contributed by atoms with E-state index in [0.717, 1.165) is 12.3 Å². The molecule has 0 aliphatic carbocycles. The van der Waals surface area contributed by atoms with Crippen LogP contribution in [0.3, 0.4) is 0 Å². The average molecular weight is 228 g/mol. The predicted molar refractivity (Wildman–Crippen MR) is 68.2 cm³/mol. The number of ether oxygens (including phenoxy) is 1. The lowest BCUT2D eigenvalue weighted by Crippen LogP contribution is -1.99. The summed E-state index contributed by atoms with van der Waals surface area (Å²) in [5.41, 5.74) is 3.66. The predicted octanol–water partition coefficient (Wildman–Crippen LogP) is 3.18. The summed E-state index contributed by atoms with van der Waals surface area (Å²) >= 11 is 0. The number of rotatable bonds is 3. The molecule has 0 radical (unpaired) electrons. The van der Waals surface area contributed by atoms with Crippen molar-refractivity contribution in [3.05, 3.63) is 29.5 Å². The monoisotopic (exact) mass is 228 g/mol. The van der Waals surface area contributed by atoms with Crippen molar-refractivity contribution in [1.82, 2.24) is 4.57 Å². The fraction of sp³-hybridized carbons (Fsp3) is 0.357. The summed E-state index contributed by atoms with van der Waals surface area (Å²) in [6.07, 6.45) is 0.538. The minimum Gasteiger partial charge on any atom is -0.497 e. The van der Waals surface area contributed by atoms with Gasteiger partial charge in [-0.05, 0) is 37.6 Å². The Balaban J connectivity index is 2.61. The van der Waals surface area contributed by atoms with Crippen molar-refractivity contribution in [3.8, 4) is 11.8 Å². The van der Waals surface area contributed by atoms with Gasteiger partial charge in [0.25, 0.3) is 0 Å². The highest BCUT2D eigenvalue weighted by Crippen LogP contribution is 2.28. The maximum Gasteiger partial charge on any atom is 0.119 e.